The number of phenolic OH excluding ortho intramolecular Hbond substituents is 1. The van der Waals surface area contributed by atoms with Gasteiger partial charge in [0.05, 0.1) is 11.0 Å². The number of nitrogens with zero attached hydrogens (tertiary/aromatic N) is 1. The number of thioether (sulfide) groups is 1. The van der Waals surface area contributed by atoms with E-state index in [0.29, 0.717) is 5.75 Å². The van der Waals surface area contributed by atoms with Gasteiger partial charge >= 0.3 is 0 Å². The fraction of sp³-hybridized carbons (Fsp3) is 0.538. The van der Waals surface area contributed by atoms with Crippen LogP contribution in [-0.4, -0.2) is 51.2 Å². The SMILES string of the molecule is Oc1ccc2c3c1O[C@H]1C(Sc4ccccc4)CC[C@@]4(O)[C@@H](C2)N(CC2CC2)CC[C@]314. The number of aromatic hydroxyl groups is 1. The summed E-state index contributed by atoms with van der Waals surface area (Å²) >= 11 is 1.88. The number of likely N-dealkylation sites (tertiary alicyclic amines) is 1. The van der Waals surface area contributed by atoms with Crippen LogP contribution in [0.5, 0.6) is 11.5 Å². The van der Waals surface area contributed by atoms with Gasteiger partial charge in [-0.2, -0.15) is 0 Å². The zero-order valence-corrected chi connectivity index (χ0v) is 18.5. The quantitative estimate of drug-likeness (QED) is 0.757. The van der Waals surface area contributed by atoms with E-state index in [9.17, 15) is 10.2 Å². The molecule has 3 aliphatic carbocycles. The number of piperidine rings is 1. The number of aliphatic hydroxyl groups is 1. The maximum atomic E-state index is 12.5. The van der Waals surface area contributed by atoms with Crippen molar-refractivity contribution >= 4 is 11.8 Å². The Morgan fingerprint density at radius 2 is 1.90 bits per heavy atom. The summed E-state index contributed by atoms with van der Waals surface area (Å²) in [5, 5.41) is 23.5. The molecule has 4 nitrogen and oxygen atoms in total. The molecule has 2 bridgehead atoms. The fourth-order valence-corrected chi connectivity index (χ4v) is 8.54. The van der Waals surface area contributed by atoms with Crippen LogP contribution in [0.25, 0.3) is 0 Å². The molecule has 0 radical (unpaired) electrons. The van der Waals surface area contributed by atoms with Crippen molar-refractivity contribution in [2.45, 2.75) is 71.8 Å². The van der Waals surface area contributed by atoms with Crippen LogP contribution in [0.1, 0.15) is 43.2 Å². The van der Waals surface area contributed by atoms with Gasteiger partial charge in [-0.3, -0.25) is 4.90 Å². The Labute approximate surface area is 187 Å². The van der Waals surface area contributed by atoms with Gasteiger partial charge in [0.2, 0.25) is 0 Å². The largest absolute Gasteiger partial charge is 0.504 e. The second kappa shape index (κ2) is 6.43. The third-order valence-electron chi connectivity index (χ3n) is 8.74. The van der Waals surface area contributed by atoms with Gasteiger partial charge < -0.3 is 14.9 Å². The standard InChI is InChI=1S/C26H29NO3S/c28-19-9-8-17-14-21-26(29)11-10-20(31-18-4-2-1-3-5-18)24-25(26,22(17)23(19)30-24)12-13-27(21)15-16-6-7-16/h1-5,8-9,16,20-21,24,28-29H,6-7,10-15H2/t20?,21-,24+,25+,26-/m1/s1. The summed E-state index contributed by atoms with van der Waals surface area (Å²) in [6, 6.07) is 14.6. The monoisotopic (exact) mass is 435 g/mol. The minimum absolute atomic E-state index is 0.107. The van der Waals surface area contributed by atoms with Crippen LogP contribution >= 0.6 is 11.8 Å². The lowest BCUT2D eigenvalue weighted by atomic mass is 9.49. The van der Waals surface area contributed by atoms with E-state index in [0.717, 1.165) is 50.3 Å². The molecule has 2 aliphatic heterocycles. The number of phenols is 1. The molecule has 2 saturated carbocycles. The third-order valence-corrected chi connectivity index (χ3v) is 10.1. The minimum Gasteiger partial charge on any atom is -0.504 e. The first-order valence-corrected chi connectivity index (χ1v) is 12.7. The number of hydrogen-bond donors (Lipinski definition) is 2. The highest BCUT2D eigenvalue weighted by atomic mass is 32.2. The van der Waals surface area contributed by atoms with E-state index < -0.39 is 11.0 Å². The normalized spacial score (nSPS) is 37.9. The van der Waals surface area contributed by atoms with Gasteiger partial charge in [0.15, 0.2) is 11.5 Å². The van der Waals surface area contributed by atoms with E-state index in [1.165, 1.54) is 23.3 Å². The smallest absolute Gasteiger partial charge is 0.165 e. The Morgan fingerprint density at radius 3 is 2.71 bits per heavy atom. The van der Waals surface area contributed by atoms with Crippen molar-refractivity contribution in [1.82, 2.24) is 4.90 Å². The summed E-state index contributed by atoms with van der Waals surface area (Å²) in [5.74, 6) is 1.69. The van der Waals surface area contributed by atoms with E-state index in [-0.39, 0.29) is 23.1 Å². The second-order valence-corrected chi connectivity index (χ2v) is 11.6. The van der Waals surface area contributed by atoms with E-state index in [4.69, 9.17) is 4.74 Å². The fourth-order valence-electron chi connectivity index (χ4n) is 7.23. The van der Waals surface area contributed by atoms with Gasteiger partial charge in [-0.25, -0.2) is 0 Å². The summed E-state index contributed by atoms with van der Waals surface area (Å²) in [6.07, 6.45) is 6.07. The zero-order chi connectivity index (χ0) is 20.8. The summed E-state index contributed by atoms with van der Waals surface area (Å²) in [6.45, 7) is 2.14. The molecule has 2 aromatic rings. The van der Waals surface area contributed by atoms with Crippen molar-refractivity contribution < 1.29 is 14.9 Å². The predicted octanol–water partition coefficient (Wildman–Crippen LogP) is 4.12. The molecule has 162 valence electrons. The van der Waals surface area contributed by atoms with Crippen molar-refractivity contribution in [3.63, 3.8) is 0 Å². The summed E-state index contributed by atoms with van der Waals surface area (Å²) in [4.78, 5) is 3.84. The molecule has 1 unspecified atom stereocenters. The van der Waals surface area contributed by atoms with Crippen LogP contribution in [0.15, 0.2) is 47.4 Å². The van der Waals surface area contributed by atoms with Crippen LogP contribution in [-0.2, 0) is 11.8 Å². The minimum atomic E-state index is -0.787. The molecule has 31 heavy (non-hydrogen) atoms. The van der Waals surface area contributed by atoms with Gasteiger partial charge in [-0.05, 0) is 74.8 Å². The van der Waals surface area contributed by atoms with Crippen molar-refractivity contribution in [3.05, 3.63) is 53.6 Å². The highest BCUT2D eigenvalue weighted by Crippen LogP contribution is 2.66. The lowest BCUT2D eigenvalue weighted by Gasteiger charge is -2.64. The summed E-state index contributed by atoms with van der Waals surface area (Å²) in [7, 11) is 0. The number of hydrogen-bond acceptors (Lipinski definition) is 5. The predicted molar refractivity (Wildman–Crippen MR) is 121 cm³/mol. The Bertz CT molecular complexity index is 1040. The average molecular weight is 436 g/mol. The summed E-state index contributed by atoms with van der Waals surface area (Å²) < 4.78 is 6.64. The van der Waals surface area contributed by atoms with Crippen LogP contribution in [0.2, 0.25) is 0 Å². The molecule has 5 aliphatic rings. The Balaban J connectivity index is 1.35. The van der Waals surface area contributed by atoms with Crippen molar-refractivity contribution in [1.29, 1.82) is 0 Å². The van der Waals surface area contributed by atoms with E-state index in [1.807, 2.05) is 11.8 Å². The van der Waals surface area contributed by atoms with E-state index in [2.05, 4.69) is 41.3 Å². The molecule has 1 saturated heterocycles. The number of rotatable bonds is 4. The average Bonchev–Trinajstić information content (AvgIpc) is 3.51. The van der Waals surface area contributed by atoms with Crippen LogP contribution < -0.4 is 4.74 Å². The van der Waals surface area contributed by atoms with Crippen LogP contribution in [0, 0.1) is 5.92 Å². The molecule has 2 heterocycles. The molecule has 5 atom stereocenters. The first-order chi connectivity index (χ1) is 15.1. The molecule has 2 aromatic carbocycles. The van der Waals surface area contributed by atoms with Crippen molar-refractivity contribution in [3.8, 4) is 11.5 Å². The molecule has 3 fully saturated rings. The lowest BCUT2D eigenvalue weighted by molar-refractivity contribution is -0.184. The molecule has 2 N–H and O–H groups in total. The van der Waals surface area contributed by atoms with Crippen LogP contribution in [0.3, 0.4) is 0 Å². The Morgan fingerprint density at radius 1 is 1.06 bits per heavy atom. The summed E-state index contributed by atoms with van der Waals surface area (Å²) in [5.41, 5.74) is 1.20. The van der Waals surface area contributed by atoms with Gasteiger partial charge in [0.1, 0.15) is 6.10 Å². The van der Waals surface area contributed by atoms with E-state index >= 15 is 0 Å². The molecule has 1 spiro atoms. The molecule has 0 aromatic heterocycles. The second-order valence-electron chi connectivity index (χ2n) is 10.3. The Hall–Kier alpha value is -1.69. The molecule has 0 amide bonds. The maximum Gasteiger partial charge on any atom is 0.165 e. The zero-order valence-electron chi connectivity index (χ0n) is 17.7. The van der Waals surface area contributed by atoms with Gasteiger partial charge in [0, 0.05) is 28.3 Å². The molecule has 5 heteroatoms. The maximum absolute atomic E-state index is 12.5. The van der Waals surface area contributed by atoms with Crippen molar-refractivity contribution in [2.75, 3.05) is 13.1 Å². The highest BCUT2D eigenvalue weighted by Gasteiger charge is 2.73. The van der Waals surface area contributed by atoms with Crippen LogP contribution in [0.4, 0.5) is 0 Å². The first-order valence-electron chi connectivity index (χ1n) is 11.8. The first kappa shape index (κ1) is 18.8. The van der Waals surface area contributed by atoms with Crippen molar-refractivity contribution in [2.24, 2.45) is 5.92 Å². The molecular formula is C26H29NO3S. The Kier molecular flexibility index (Phi) is 3.91. The highest BCUT2D eigenvalue weighted by molar-refractivity contribution is 8.00. The van der Waals surface area contributed by atoms with Gasteiger partial charge in [0.25, 0.3) is 0 Å². The van der Waals surface area contributed by atoms with E-state index in [1.54, 1.807) is 6.07 Å². The third kappa shape index (κ3) is 2.46. The van der Waals surface area contributed by atoms with Gasteiger partial charge in [-0.15, -0.1) is 11.8 Å². The lowest BCUT2D eigenvalue weighted by Crippen LogP contribution is -2.76. The number of benzene rings is 2. The molecule has 7 rings (SSSR count). The topological polar surface area (TPSA) is 52.9 Å². The van der Waals surface area contributed by atoms with Gasteiger partial charge in [-0.1, -0.05) is 24.3 Å². The molecular weight excluding hydrogens is 406 g/mol. The number of ether oxygens (including phenoxy) is 1.